The molecule has 0 unspecified atom stereocenters. The van der Waals surface area contributed by atoms with Crippen molar-refractivity contribution >= 4 is 40.8 Å². The van der Waals surface area contributed by atoms with Crippen molar-refractivity contribution in [1.29, 1.82) is 0 Å². The molecule has 9 heteroatoms. The highest BCUT2D eigenvalue weighted by molar-refractivity contribution is 8.18. The molecule has 1 aliphatic heterocycles. The molecular formula is C16H16N2O6S. The molecule has 0 fully saturated rings. The molecule has 0 aliphatic carbocycles. The highest BCUT2D eigenvalue weighted by Crippen LogP contribution is 2.40. The molecule has 0 aromatic heterocycles. The van der Waals surface area contributed by atoms with E-state index in [-0.39, 0.29) is 28.3 Å². The summed E-state index contributed by atoms with van der Waals surface area (Å²) in [6, 6.07) is 3.19. The molecule has 8 nitrogen and oxygen atoms in total. The number of carbonyl (C=O) groups is 3. The number of esters is 1. The van der Waals surface area contributed by atoms with Crippen molar-refractivity contribution < 1.29 is 28.6 Å². The number of thioether (sulfide) groups is 1. The smallest absolute Gasteiger partial charge is 0.308 e. The first-order valence-corrected chi connectivity index (χ1v) is 7.90. The zero-order chi connectivity index (χ0) is 18.6. The molecule has 1 aromatic carbocycles. The molecule has 2 rings (SSSR count). The lowest BCUT2D eigenvalue weighted by Crippen LogP contribution is -2.23. The quantitative estimate of drug-likeness (QED) is 0.493. The van der Waals surface area contributed by atoms with Crippen molar-refractivity contribution in [2.45, 2.75) is 13.8 Å². The fraction of sp³-hybridized carbons (Fsp3) is 0.250. The van der Waals surface area contributed by atoms with Crippen LogP contribution in [-0.2, 0) is 14.4 Å². The van der Waals surface area contributed by atoms with Gasteiger partial charge in [0, 0.05) is 13.8 Å². The summed E-state index contributed by atoms with van der Waals surface area (Å²) in [5.74, 6) is -0.581. The van der Waals surface area contributed by atoms with E-state index in [9.17, 15) is 14.4 Å². The van der Waals surface area contributed by atoms with Gasteiger partial charge in [-0.3, -0.25) is 14.4 Å². The third-order valence-electron chi connectivity index (χ3n) is 2.93. The van der Waals surface area contributed by atoms with E-state index in [1.807, 2.05) is 0 Å². The van der Waals surface area contributed by atoms with Gasteiger partial charge in [0.2, 0.25) is 11.7 Å². The Labute approximate surface area is 148 Å². The monoisotopic (exact) mass is 364 g/mol. The molecule has 1 heterocycles. The van der Waals surface area contributed by atoms with Crippen molar-refractivity contribution in [1.82, 2.24) is 5.32 Å². The van der Waals surface area contributed by atoms with Crippen molar-refractivity contribution in [2.24, 2.45) is 4.99 Å². The number of hydrogen-bond donors (Lipinski definition) is 1. The van der Waals surface area contributed by atoms with Crippen LogP contribution in [0.3, 0.4) is 0 Å². The maximum Gasteiger partial charge on any atom is 0.308 e. The van der Waals surface area contributed by atoms with E-state index in [1.54, 1.807) is 18.2 Å². The lowest BCUT2D eigenvalue weighted by molar-refractivity contribution is -0.132. The summed E-state index contributed by atoms with van der Waals surface area (Å²) in [5, 5.41) is 2.69. The zero-order valence-electron chi connectivity index (χ0n) is 14.0. The fourth-order valence-corrected chi connectivity index (χ4v) is 2.85. The molecule has 1 aromatic rings. The van der Waals surface area contributed by atoms with Crippen molar-refractivity contribution in [3.63, 3.8) is 0 Å². The summed E-state index contributed by atoms with van der Waals surface area (Å²) in [6.07, 6.45) is 1.58. The van der Waals surface area contributed by atoms with E-state index in [0.717, 1.165) is 11.8 Å². The number of hydrogen-bond acceptors (Lipinski definition) is 7. The van der Waals surface area contributed by atoms with Gasteiger partial charge >= 0.3 is 5.97 Å². The van der Waals surface area contributed by atoms with E-state index < -0.39 is 11.9 Å². The minimum Gasteiger partial charge on any atom is -0.493 e. The second-order valence-corrected chi connectivity index (χ2v) is 5.89. The fourth-order valence-electron chi connectivity index (χ4n) is 1.99. The predicted octanol–water partition coefficient (Wildman–Crippen LogP) is 1.74. The predicted molar refractivity (Wildman–Crippen MR) is 92.7 cm³/mol. The SMILES string of the molecule is COc1cc(C=C2SC(NC(C)=O)=NC2=O)cc(OC)c1OC(C)=O. The average Bonchev–Trinajstić information content (AvgIpc) is 2.86. The van der Waals surface area contributed by atoms with Gasteiger partial charge in [-0.2, -0.15) is 4.99 Å². The second kappa shape index (κ2) is 7.84. The molecule has 0 radical (unpaired) electrons. The number of carbonyl (C=O) groups excluding carboxylic acids is 3. The van der Waals surface area contributed by atoms with Crippen LogP contribution in [0.25, 0.3) is 6.08 Å². The molecule has 1 aliphatic rings. The molecule has 0 spiro atoms. The van der Waals surface area contributed by atoms with E-state index in [1.165, 1.54) is 28.1 Å². The highest BCUT2D eigenvalue weighted by Gasteiger charge is 2.23. The normalized spacial score (nSPS) is 15.0. The summed E-state index contributed by atoms with van der Waals surface area (Å²) in [6.45, 7) is 2.60. The third-order valence-corrected chi connectivity index (χ3v) is 3.83. The lowest BCUT2D eigenvalue weighted by Gasteiger charge is -2.13. The number of amides is 2. The summed E-state index contributed by atoms with van der Waals surface area (Å²) < 4.78 is 15.6. The van der Waals surface area contributed by atoms with Crippen molar-refractivity contribution in [2.75, 3.05) is 14.2 Å². The van der Waals surface area contributed by atoms with Crippen LogP contribution in [0.2, 0.25) is 0 Å². The van der Waals surface area contributed by atoms with Gasteiger partial charge in [-0.15, -0.1) is 0 Å². The van der Waals surface area contributed by atoms with Crippen LogP contribution >= 0.6 is 11.8 Å². The lowest BCUT2D eigenvalue weighted by atomic mass is 10.1. The number of nitrogens with zero attached hydrogens (tertiary/aromatic N) is 1. The molecule has 0 saturated heterocycles. The van der Waals surface area contributed by atoms with Gasteiger partial charge < -0.3 is 19.5 Å². The number of nitrogens with one attached hydrogen (secondary N) is 1. The minimum absolute atomic E-state index is 0.153. The standard InChI is InChI=1S/C16H16N2O6S/c1-8(19)17-16-18-15(21)13(25-16)7-10-5-11(22-3)14(24-9(2)20)12(6-10)23-4/h5-7H,1-4H3,(H,17,18,19,21). The first-order chi connectivity index (χ1) is 11.8. The summed E-state index contributed by atoms with van der Waals surface area (Å²) in [5.41, 5.74) is 0.583. The van der Waals surface area contributed by atoms with Crippen LogP contribution in [0.1, 0.15) is 19.4 Å². The molecule has 2 amide bonds. The summed E-state index contributed by atoms with van der Waals surface area (Å²) in [4.78, 5) is 38.3. The van der Waals surface area contributed by atoms with Crippen molar-refractivity contribution in [3.8, 4) is 17.2 Å². The van der Waals surface area contributed by atoms with Gasteiger partial charge in [0.15, 0.2) is 16.7 Å². The Bertz CT molecular complexity index is 775. The first-order valence-electron chi connectivity index (χ1n) is 7.08. The van der Waals surface area contributed by atoms with Crippen LogP contribution in [0, 0.1) is 0 Å². The first kappa shape index (κ1) is 18.5. The average molecular weight is 364 g/mol. The number of amidine groups is 1. The Hall–Kier alpha value is -2.81. The second-order valence-electron chi connectivity index (χ2n) is 4.86. The van der Waals surface area contributed by atoms with Gasteiger partial charge in [-0.25, -0.2) is 0 Å². The molecule has 0 atom stereocenters. The molecule has 0 bridgehead atoms. The molecular weight excluding hydrogens is 348 g/mol. The van der Waals surface area contributed by atoms with Crippen LogP contribution < -0.4 is 19.5 Å². The van der Waals surface area contributed by atoms with Gasteiger partial charge in [0.05, 0.1) is 19.1 Å². The largest absolute Gasteiger partial charge is 0.493 e. The number of benzene rings is 1. The van der Waals surface area contributed by atoms with Crippen LogP contribution in [-0.4, -0.2) is 37.2 Å². The van der Waals surface area contributed by atoms with Crippen LogP contribution in [0.15, 0.2) is 22.0 Å². The Morgan fingerprint density at radius 2 is 1.76 bits per heavy atom. The Balaban J connectivity index is 2.36. The third kappa shape index (κ3) is 4.60. The van der Waals surface area contributed by atoms with Gasteiger partial charge in [-0.05, 0) is 35.5 Å². The summed E-state index contributed by atoms with van der Waals surface area (Å²) >= 11 is 1.05. The Morgan fingerprint density at radius 1 is 1.16 bits per heavy atom. The number of methoxy groups -OCH3 is 2. The number of ether oxygens (including phenoxy) is 3. The Morgan fingerprint density at radius 3 is 2.24 bits per heavy atom. The van der Waals surface area contributed by atoms with E-state index in [4.69, 9.17) is 14.2 Å². The molecule has 0 saturated carbocycles. The van der Waals surface area contributed by atoms with Gasteiger partial charge in [-0.1, -0.05) is 0 Å². The number of rotatable bonds is 4. The highest BCUT2D eigenvalue weighted by atomic mass is 32.2. The maximum atomic E-state index is 11.9. The van der Waals surface area contributed by atoms with Crippen LogP contribution in [0.5, 0.6) is 17.2 Å². The van der Waals surface area contributed by atoms with E-state index >= 15 is 0 Å². The Kier molecular flexibility index (Phi) is 5.81. The van der Waals surface area contributed by atoms with Crippen molar-refractivity contribution in [3.05, 3.63) is 22.6 Å². The van der Waals surface area contributed by atoms with E-state index in [0.29, 0.717) is 10.5 Å². The molecule has 132 valence electrons. The minimum atomic E-state index is -0.516. The van der Waals surface area contributed by atoms with E-state index in [2.05, 4.69) is 10.3 Å². The molecule has 1 N–H and O–H groups in total. The topological polar surface area (TPSA) is 103 Å². The van der Waals surface area contributed by atoms with Gasteiger partial charge in [0.25, 0.3) is 5.91 Å². The van der Waals surface area contributed by atoms with Crippen LogP contribution in [0.4, 0.5) is 0 Å². The van der Waals surface area contributed by atoms with Gasteiger partial charge in [0.1, 0.15) is 0 Å². The number of aliphatic imine (C=N–C) groups is 1. The molecule has 25 heavy (non-hydrogen) atoms. The maximum absolute atomic E-state index is 11.9. The summed E-state index contributed by atoms with van der Waals surface area (Å²) in [7, 11) is 2.85. The zero-order valence-corrected chi connectivity index (χ0v) is 14.9.